The highest BCUT2D eigenvalue weighted by molar-refractivity contribution is 5.78. The molecular formula is C14H18N4O. The van der Waals surface area contributed by atoms with Crippen molar-refractivity contribution in [2.45, 2.75) is 0 Å². The predicted octanol–water partition coefficient (Wildman–Crippen LogP) is 1.49. The molecule has 2 heterocycles. The van der Waals surface area contributed by atoms with Crippen LogP contribution in [0, 0.1) is 0 Å². The number of H-pyrrole nitrogens is 1. The summed E-state index contributed by atoms with van der Waals surface area (Å²) in [5.41, 5.74) is 3.22. The van der Waals surface area contributed by atoms with Gasteiger partial charge in [0.25, 0.3) is 0 Å². The smallest absolute Gasteiger partial charge is 0.128 e. The zero-order chi connectivity index (χ0) is 13.1. The average molecular weight is 258 g/mol. The van der Waals surface area contributed by atoms with Crippen molar-refractivity contribution in [3.8, 4) is 17.0 Å². The molecule has 0 amide bonds. The fourth-order valence-corrected chi connectivity index (χ4v) is 2.47. The molecule has 0 atom stereocenters. The van der Waals surface area contributed by atoms with E-state index in [2.05, 4.69) is 26.5 Å². The average Bonchev–Trinajstić information content (AvgIpc) is 2.97. The lowest BCUT2D eigenvalue weighted by molar-refractivity contribution is 0.416. The monoisotopic (exact) mass is 258 g/mol. The van der Waals surface area contributed by atoms with Crippen LogP contribution in [0.15, 0.2) is 30.5 Å². The van der Waals surface area contributed by atoms with Crippen LogP contribution in [0.1, 0.15) is 0 Å². The van der Waals surface area contributed by atoms with Crippen LogP contribution in [0.25, 0.3) is 11.3 Å². The highest BCUT2D eigenvalue weighted by Gasteiger charge is 2.18. The Labute approximate surface area is 112 Å². The molecule has 1 fully saturated rings. The number of ether oxygens (including phenoxy) is 1. The van der Waals surface area contributed by atoms with Crippen molar-refractivity contribution in [2.24, 2.45) is 0 Å². The van der Waals surface area contributed by atoms with E-state index in [-0.39, 0.29) is 0 Å². The van der Waals surface area contributed by atoms with E-state index in [9.17, 15) is 0 Å². The van der Waals surface area contributed by atoms with Gasteiger partial charge in [0.05, 0.1) is 24.7 Å². The van der Waals surface area contributed by atoms with Gasteiger partial charge >= 0.3 is 0 Å². The van der Waals surface area contributed by atoms with Gasteiger partial charge in [0, 0.05) is 31.7 Å². The van der Waals surface area contributed by atoms with E-state index in [0.29, 0.717) is 0 Å². The Hall–Kier alpha value is -2.01. The standard InChI is InChI=1S/C14H18N4O/c1-19-13-5-3-2-4-11(13)14-12(10-16-17-14)18-8-6-15-7-9-18/h2-5,10,15H,6-9H2,1H3,(H,16,17). The van der Waals surface area contributed by atoms with Crippen LogP contribution in [0.2, 0.25) is 0 Å². The molecule has 5 nitrogen and oxygen atoms in total. The van der Waals surface area contributed by atoms with Crippen LogP contribution >= 0.6 is 0 Å². The quantitative estimate of drug-likeness (QED) is 0.876. The Morgan fingerprint density at radius 3 is 2.79 bits per heavy atom. The molecule has 0 spiro atoms. The first-order valence-electron chi connectivity index (χ1n) is 6.52. The summed E-state index contributed by atoms with van der Waals surface area (Å²) in [6.07, 6.45) is 1.90. The van der Waals surface area contributed by atoms with E-state index >= 15 is 0 Å². The first-order chi connectivity index (χ1) is 9.40. The summed E-state index contributed by atoms with van der Waals surface area (Å²) < 4.78 is 5.43. The van der Waals surface area contributed by atoms with Crippen molar-refractivity contribution in [3.05, 3.63) is 30.5 Å². The third-order valence-electron chi connectivity index (χ3n) is 3.45. The third kappa shape index (κ3) is 2.29. The number of nitrogens with one attached hydrogen (secondary N) is 2. The van der Waals surface area contributed by atoms with E-state index in [0.717, 1.165) is 48.9 Å². The highest BCUT2D eigenvalue weighted by atomic mass is 16.5. The Morgan fingerprint density at radius 1 is 1.21 bits per heavy atom. The first-order valence-corrected chi connectivity index (χ1v) is 6.52. The normalized spacial score (nSPS) is 15.5. The first kappa shape index (κ1) is 12.0. The summed E-state index contributed by atoms with van der Waals surface area (Å²) in [7, 11) is 1.69. The van der Waals surface area contributed by atoms with Crippen LogP contribution in [-0.4, -0.2) is 43.5 Å². The van der Waals surface area contributed by atoms with Gasteiger partial charge in [0.15, 0.2) is 0 Å². The lowest BCUT2D eigenvalue weighted by atomic mass is 10.1. The minimum Gasteiger partial charge on any atom is -0.496 e. The molecule has 1 aliphatic heterocycles. The Morgan fingerprint density at radius 2 is 2.00 bits per heavy atom. The van der Waals surface area contributed by atoms with Crippen molar-refractivity contribution in [2.75, 3.05) is 38.2 Å². The number of rotatable bonds is 3. The van der Waals surface area contributed by atoms with E-state index in [1.807, 2.05) is 24.4 Å². The second-order valence-corrected chi connectivity index (χ2v) is 4.57. The number of para-hydroxylation sites is 1. The van der Waals surface area contributed by atoms with Crippen LogP contribution < -0.4 is 15.0 Å². The molecule has 0 aliphatic carbocycles. The molecule has 19 heavy (non-hydrogen) atoms. The number of aromatic nitrogens is 2. The molecule has 2 N–H and O–H groups in total. The number of nitrogens with zero attached hydrogens (tertiary/aromatic N) is 2. The molecule has 0 saturated carbocycles. The molecule has 1 aromatic carbocycles. The Bertz CT molecular complexity index is 546. The molecule has 5 heteroatoms. The van der Waals surface area contributed by atoms with E-state index in [4.69, 9.17) is 4.74 Å². The third-order valence-corrected chi connectivity index (χ3v) is 3.45. The molecule has 0 radical (unpaired) electrons. The highest BCUT2D eigenvalue weighted by Crippen LogP contribution is 2.34. The van der Waals surface area contributed by atoms with Crippen LogP contribution in [0.5, 0.6) is 5.75 Å². The summed E-state index contributed by atoms with van der Waals surface area (Å²) in [5.74, 6) is 0.864. The van der Waals surface area contributed by atoms with Gasteiger partial charge in [0.1, 0.15) is 5.75 Å². The number of hydrogen-bond acceptors (Lipinski definition) is 4. The van der Waals surface area contributed by atoms with Crippen LogP contribution in [0.4, 0.5) is 5.69 Å². The zero-order valence-corrected chi connectivity index (χ0v) is 11.0. The molecule has 1 aromatic heterocycles. The maximum absolute atomic E-state index is 5.43. The summed E-state index contributed by atoms with van der Waals surface area (Å²) in [6, 6.07) is 8.01. The maximum atomic E-state index is 5.43. The molecule has 1 saturated heterocycles. The number of hydrogen-bond donors (Lipinski definition) is 2. The fourth-order valence-electron chi connectivity index (χ4n) is 2.47. The van der Waals surface area contributed by atoms with Gasteiger partial charge in [-0.1, -0.05) is 12.1 Å². The molecule has 2 aromatic rings. The molecule has 3 rings (SSSR count). The summed E-state index contributed by atoms with van der Waals surface area (Å²) in [4.78, 5) is 2.35. The summed E-state index contributed by atoms with van der Waals surface area (Å²) in [6.45, 7) is 4.02. The minimum atomic E-state index is 0.864. The van der Waals surface area contributed by atoms with Crippen molar-refractivity contribution in [3.63, 3.8) is 0 Å². The SMILES string of the molecule is COc1ccccc1-c1[nH]ncc1N1CCNCC1. The van der Waals surface area contributed by atoms with Gasteiger partial charge in [-0.05, 0) is 12.1 Å². The van der Waals surface area contributed by atoms with Gasteiger partial charge in [-0.25, -0.2) is 0 Å². The van der Waals surface area contributed by atoms with E-state index in [1.54, 1.807) is 7.11 Å². The van der Waals surface area contributed by atoms with Crippen LogP contribution in [0.3, 0.4) is 0 Å². The van der Waals surface area contributed by atoms with E-state index < -0.39 is 0 Å². The molecule has 1 aliphatic rings. The van der Waals surface area contributed by atoms with Crippen molar-refractivity contribution >= 4 is 5.69 Å². The lowest BCUT2D eigenvalue weighted by Crippen LogP contribution is -2.43. The zero-order valence-electron chi connectivity index (χ0n) is 11.0. The number of anilines is 1. The summed E-state index contributed by atoms with van der Waals surface area (Å²) >= 11 is 0. The molecule has 0 bridgehead atoms. The largest absolute Gasteiger partial charge is 0.496 e. The molecule has 100 valence electrons. The Kier molecular flexibility index (Phi) is 3.37. The molecular weight excluding hydrogens is 240 g/mol. The Balaban J connectivity index is 1.99. The lowest BCUT2D eigenvalue weighted by Gasteiger charge is -2.29. The van der Waals surface area contributed by atoms with Crippen molar-refractivity contribution in [1.29, 1.82) is 0 Å². The predicted molar refractivity (Wildman–Crippen MR) is 75.7 cm³/mol. The fraction of sp³-hybridized carbons (Fsp3) is 0.357. The second kappa shape index (κ2) is 5.32. The van der Waals surface area contributed by atoms with Crippen LogP contribution in [-0.2, 0) is 0 Å². The second-order valence-electron chi connectivity index (χ2n) is 4.57. The van der Waals surface area contributed by atoms with Gasteiger partial charge in [0.2, 0.25) is 0 Å². The maximum Gasteiger partial charge on any atom is 0.128 e. The van der Waals surface area contributed by atoms with E-state index in [1.165, 1.54) is 0 Å². The number of piperazine rings is 1. The minimum absolute atomic E-state index is 0.864. The van der Waals surface area contributed by atoms with Gasteiger partial charge in [-0.3, -0.25) is 5.10 Å². The number of methoxy groups -OCH3 is 1. The van der Waals surface area contributed by atoms with Crippen molar-refractivity contribution in [1.82, 2.24) is 15.5 Å². The summed E-state index contributed by atoms with van der Waals surface area (Å²) in [5, 5.41) is 10.7. The number of benzene rings is 1. The topological polar surface area (TPSA) is 53.2 Å². The van der Waals surface area contributed by atoms with Gasteiger partial charge < -0.3 is 15.0 Å². The molecule has 0 unspecified atom stereocenters. The number of aromatic amines is 1. The van der Waals surface area contributed by atoms with Gasteiger partial charge in [-0.2, -0.15) is 5.10 Å². The van der Waals surface area contributed by atoms with Gasteiger partial charge in [-0.15, -0.1) is 0 Å². The van der Waals surface area contributed by atoms with Crippen molar-refractivity contribution < 1.29 is 4.74 Å².